The van der Waals surface area contributed by atoms with E-state index >= 15 is 0 Å². The molecule has 1 aliphatic heterocycles. The lowest BCUT2D eigenvalue weighted by molar-refractivity contribution is 0.674. The second-order valence-corrected chi connectivity index (χ2v) is 12.6. The molecule has 0 spiro atoms. The van der Waals surface area contributed by atoms with Crippen LogP contribution in [0.25, 0.3) is 22.3 Å². The van der Waals surface area contributed by atoms with Crippen molar-refractivity contribution in [2.75, 3.05) is 0 Å². The highest BCUT2D eigenvalue weighted by atomic mass is 15.2. The van der Waals surface area contributed by atoms with Crippen LogP contribution in [-0.2, 0) is 5.41 Å². The number of amidine groups is 2. The smallest absolute Gasteiger partial charge is 0.159 e. The highest BCUT2D eigenvalue weighted by Gasteiger charge is 2.46. The number of fused-ring (bicyclic) bond motifs is 3. The Balaban J connectivity index is 1.20. The fourth-order valence-corrected chi connectivity index (χ4v) is 7.59. The fourth-order valence-electron chi connectivity index (χ4n) is 7.59. The monoisotopic (exact) mass is 627 g/mol. The SMILES string of the molecule is c1ccc(C2=NC(c3cccc(-c4ccc5c(c4)C(c4ccccc4)(c4ccccc4)c4ccccc4-5)c3)=NC(c3ccccc3)N2)cc1. The topological polar surface area (TPSA) is 36.8 Å². The van der Waals surface area contributed by atoms with Crippen LogP contribution in [0.15, 0.2) is 198 Å². The van der Waals surface area contributed by atoms with E-state index < -0.39 is 5.41 Å². The molecule has 9 rings (SSSR count). The summed E-state index contributed by atoms with van der Waals surface area (Å²) in [5.41, 5.74) is 12.6. The Morgan fingerprint density at radius 3 is 1.69 bits per heavy atom. The van der Waals surface area contributed by atoms with Gasteiger partial charge in [-0.2, -0.15) is 0 Å². The van der Waals surface area contributed by atoms with Gasteiger partial charge in [0.2, 0.25) is 0 Å². The predicted octanol–water partition coefficient (Wildman–Crippen LogP) is 10.2. The van der Waals surface area contributed by atoms with Crippen molar-refractivity contribution >= 4 is 11.7 Å². The van der Waals surface area contributed by atoms with Gasteiger partial charge in [0.15, 0.2) is 5.84 Å². The summed E-state index contributed by atoms with van der Waals surface area (Å²) in [6, 6.07) is 67.1. The zero-order chi connectivity index (χ0) is 32.6. The Morgan fingerprint density at radius 1 is 0.429 bits per heavy atom. The van der Waals surface area contributed by atoms with Crippen molar-refractivity contribution in [1.29, 1.82) is 0 Å². The summed E-state index contributed by atoms with van der Waals surface area (Å²) >= 11 is 0. The highest BCUT2D eigenvalue weighted by Crippen LogP contribution is 2.56. The van der Waals surface area contributed by atoms with Gasteiger partial charge in [0.1, 0.15) is 12.0 Å². The van der Waals surface area contributed by atoms with Gasteiger partial charge in [-0.3, -0.25) is 0 Å². The normalized spacial score (nSPS) is 15.7. The van der Waals surface area contributed by atoms with Crippen molar-refractivity contribution < 1.29 is 0 Å². The van der Waals surface area contributed by atoms with Gasteiger partial charge < -0.3 is 5.32 Å². The van der Waals surface area contributed by atoms with E-state index in [0.29, 0.717) is 5.84 Å². The molecule has 0 bridgehead atoms. The lowest BCUT2D eigenvalue weighted by atomic mass is 9.67. The van der Waals surface area contributed by atoms with Gasteiger partial charge in [-0.1, -0.05) is 176 Å². The Hall–Kier alpha value is -6.32. The molecular weight excluding hydrogens is 595 g/mol. The zero-order valence-electron chi connectivity index (χ0n) is 26.9. The molecule has 1 atom stereocenters. The summed E-state index contributed by atoms with van der Waals surface area (Å²) in [6.07, 6.45) is -0.247. The highest BCUT2D eigenvalue weighted by molar-refractivity contribution is 6.13. The number of hydrogen-bond acceptors (Lipinski definition) is 3. The lowest BCUT2D eigenvalue weighted by Gasteiger charge is -2.34. The van der Waals surface area contributed by atoms with E-state index in [1.54, 1.807) is 0 Å². The molecule has 0 fully saturated rings. The maximum atomic E-state index is 5.14. The summed E-state index contributed by atoms with van der Waals surface area (Å²) in [5, 5.41) is 3.57. The molecule has 232 valence electrons. The molecule has 1 heterocycles. The fraction of sp³-hybridized carbons (Fsp3) is 0.0435. The molecule has 0 aromatic heterocycles. The maximum absolute atomic E-state index is 5.14. The van der Waals surface area contributed by atoms with Crippen molar-refractivity contribution in [3.8, 4) is 22.3 Å². The van der Waals surface area contributed by atoms with Crippen molar-refractivity contribution in [2.45, 2.75) is 11.6 Å². The Kier molecular flexibility index (Phi) is 7.09. The van der Waals surface area contributed by atoms with Gasteiger partial charge in [-0.25, -0.2) is 9.98 Å². The van der Waals surface area contributed by atoms with Crippen LogP contribution in [0.1, 0.15) is 45.1 Å². The Labute approximate surface area is 287 Å². The zero-order valence-corrected chi connectivity index (χ0v) is 26.9. The minimum atomic E-state index is -0.445. The molecule has 7 aromatic carbocycles. The molecule has 0 saturated heterocycles. The first-order chi connectivity index (χ1) is 24.3. The van der Waals surface area contributed by atoms with E-state index in [0.717, 1.165) is 33.7 Å². The molecule has 1 N–H and O–H groups in total. The van der Waals surface area contributed by atoms with E-state index in [9.17, 15) is 0 Å². The minimum absolute atomic E-state index is 0.247. The summed E-state index contributed by atoms with van der Waals surface area (Å²) in [7, 11) is 0. The van der Waals surface area contributed by atoms with Crippen LogP contribution in [0.5, 0.6) is 0 Å². The third kappa shape index (κ3) is 4.90. The average Bonchev–Trinajstić information content (AvgIpc) is 3.49. The third-order valence-corrected chi connectivity index (χ3v) is 9.82. The first kappa shape index (κ1) is 28.9. The second-order valence-electron chi connectivity index (χ2n) is 12.6. The average molecular weight is 628 g/mol. The van der Waals surface area contributed by atoms with Crippen LogP contribution in [0.2, 0.25) is 0 Å². The Morgan fingerprint density at radius 2 is 0.980 bits per heavy atom. The van der Waals surface area contributed by atoms with Crippen LogP contribution >= 0.6 is 0 Å². The van der Waals surface area contributed by atoms with Gasteiger partial charge in [0, 0.05) is 11.1 Å². The van der Waals surface area contributed by atoms with Crippen molar-refractivity contribution in [3.05, 3.63) is 227 Å². The summed E-state index contributed by atoms with van der Waals surface area (Å²) in [4.78, 5) is 10.2. The standard InChI is InChI=1S/C46H33N3/c1-5-16-32(17-6-1)43-47-44(33-18-7-2-8-19-33)49-45(48-43)36-21-15-20-34(30-36)35-28-29-40-39-26-13-14-27-41(39)46(42(40)31-35,37-22-9-3-10-23-37)38-24-11-4-12-25-38/h1-31,43H,(H,47,48,49). The molecule has 2 aliphatic rings. The van der Waals surface area contributed by atoms with E-state index in [2.05, 4.69) is 169 Å². The van der Waals surface area contributed by atoms with Crippen LogP contribution in [0, 0.1) is 0 Å². The van der Waals surface area contributed by atoms with E-state index in [-0.39, 0.29) is 6.17 Å². The van der Waals surface area contributed by atoms with Crippen LogP contribution < -0.4 is 5.32 Å². The number of rotatable bonds is 6. The van der Waals surface area contributed by atoms with Gasteiger partial charge in [-0.15, -0.1) is 0 Å². The maximum Gasteiger partial charge on any atom is 0.159 e. The molecule has 49 heavy (non-hydrogen) atoms. The molecule has 3 nitrogen and oxygen atoms in total. The van der Waals surface area contributed by atoms with Crippen LogP contribution in [-0.4, -0.2) is 11.7 Å². The van der Waals surface area contributed by atoms with Crippen molar-refractivity contribution in [3.63, 3.8) is 0 Å². The predicted molar refractivity (Wildman–Crippen MR) is 201 cm³/mol. The van der Waals surface area contributed by atoms with Gasteiger partial charge in [-0.05, 0) is 62.2 Å². The Bertz CT molecular complexity index is 2300. The van der Waals surface area contributed by atoms with Crippen LogP contribution in [0.4, 0.5) is 0 Å². The largest absolute Gasteiger partial charge is 0.344 e. The number of nitrogens with zero attached hydrogens (tertiary/aromatic N) is 2. The lowest BCUT2D eigenvalue weighted by Crippen LogP contribution is -2.33. The van der Waals surface area contributed by atoms with Gasteiger partial charge >= 0.3 is 0 Å². The molecule has 0 saturated carbocycles. The number of benzene rings is 7. The first-order valence-electron chi connectivity index (χ1n) is 16.8. The molecular formula is C46H33N3. The first-order valence-corrected chi connectivity index (χ1v) is 16.8. The molecule has 0 amide bonds. The second kappa shape index (κ2) is 12.0. The van der Waals surface area contributed by atoms with Gasteiger partial charge in [0.05, 0.1) is 5.41 Å². The summed E-state index contributed by atoms with van der Waals surface area (Å²) in [5.74, 6) is 1.53. The van der Waals surface area contributed by atoms with E-state index in [4.69, 9.17) is 9.98 Å². The number of aliphatic imine (C=N–C) groups is 2. The number of hydrogen-bond donors (Lipinski definition) is 1. The molecule has 0 radical (unpaired) electrons. The molecule has 1 unspecified atom stereocenters. The molecule has 3 heteroatoms. The number of nitrogens with one attached hydrogen (secondary N) is 1. The minimum Gasteiger partial charge on any atom is -0.344 e. The van der Waals surface area contributed by atoms with Crippen molar-refractivity contribution in [2.24, 2.45) is 9.98 Å². The van der Waals surface area contributed by atoms with Crippen molar-refractivity contribution in [1.82, 2.24) is 5.32 Å². The van der Waals surface area contributed by atoms with E-state index in [1.165, 1.54) is 33.4 Å². The molecule has 7 aromatic rings. The third-order valence-electron chi connectivity index (χ3n) is 9.82. The van der Waals surface area contributed by atoms with Gasteiger partial charge in [0.25, 0.3) is 0 Å². The van der Waals surface area contributed by atoms with Crippen LogP contribution in [0.3, 0.4) is 0 Å². The molecule has 1 aliphatic carbocycles. The quantitative estimate of drug-likeness (QED) is 0.196. The summed E-state index contributed by atoms with van der Waals surface area (Å²) < 4.78 is 0. The summed E-state index contributed by atoms with van der Waals surface area (Å²) in [6.45, 7) is 0. The van der Waals surface area contributed by atoms with E-state index in [1.807, 2.05) is 24.3 Å².